The lowest BCUT2D eigenvalue weighted by atomic mass is 9.72. The van der Waals surface area contributed by atoms with Crippen molar-refractivity contribution < 1.29 is 19.1 Å². The van der Waals surface area contributed by atoms with Gasteiger partial charge in [0.2, 0.25) is 0 Å². The van der Waals surface area contributed by atoms with Crippen molar-refractivity contribution in [3.63, 3.8) is 0 Å². The molecule has 0 fully saturated rings. The second-order valence-corrected chi connectivity index (χ2v) is 7.17. The molecule has 0 saturated carbocycles. The minimum atomic E-state index is -0.506. The Bertz CT molecular complexity index is 899. The first kappa shape index (κ1) is 18.1. The van der Waals surface area contributed by atoms with E-state index in [1.54, 1.807) is 14.0 Å². The Morgan fingerprint density at radius 3 is 2.50 bits per heavy atom. The van der Waals surface area contributed by atoms with Crippen LogP contribution in [-0.2, 0) is 11.2 Å². The number of methoxy groups -OCH3 is 2. The molecule has 0 atom stereocenters. The van der Waals surface area contributed by atoms with Crippen LogP contribution in [-0.4, -0.2) is 31.0 Å². The first-order valence-corrected chi connectivity index (χ1v) is 8.61. The number of ether oxygens (including phenoxy) is 2. The number of benzene rings is 1. The predicted molar refractivity (Wildman–Crippen MR) is 98.7 cm³/mol. The van der Waals surface area contributed by atoms with Gasteiger partial charge in [-0.05, 0) is 25.8 Å². The van der Waals surface area contributed by atoms with Gasteiger partial charge >= 0.3 is 5.97 Å². The zero-order chi connectivity index (χ0) is 19.1. The molecule has 1 aliphatic carbocycles. The fourth-order valence-electron chi connectivity index (χ4n) is 3.55. The Kier molecular flexibility index (Phi) is 4.57. The Morgan fingerprint density at radius 1 is 1.15 bits per heavy atom. The molecule has 0 saturated heterocycles. The summed E-state index contributed by atoms with van der Waals surface area (Å²) in [4.78, 5) is 30.4. The standard InChI is InChI=1S/C21H23NO4/c1-12-16(20(24)26-5)17(13-8-6-7-9-15(13)25-4)18-14(22-12)10-11-21(2,3)19(18)23/h6-9H,10-11H2,1-5H3. The molecule has 2 aromatic rings. The lowest BCUT2D eigenvalue weighted by Gasteiger charge is -2.31. The van der Waals surface area contributed by atoms with Crippen molar-refractivity contribution in [1.29, 1.82) is 0 Å². The van der Waals surface area contributed by atoms with Crippen LogP contribution in [0.5, 0.6) is 5.75 Å². The second kappa shape index (κ2) is 6.56. The third kappa shape index (κ3) is 2.77. The number of esters is 1. The maximum atomic E-state index is 13.3. The van der Waals surface area contributed by atoms with Gasteiger partial charge in [0.25, 0.3) is 0 Å². The highest BCUT2D eigenvalue weighted by Gasteiger charge is 2.39. The first-order chi connectivity index (χ1) is 12.3. The molecule has 1 heterocycles. The number of carbonyl (C=O) groups is 2. The van der Waals surface area contributed by atoms with Crippen LogP contribution < -0.4 is 4.74 Å². The van der Waals surface area contributed by atoms with Crippen LogP contribution >= 0.6 is 0 Å². The zero-order valence-corrected chi connectivity index (χ0v) is 15.8. The fourth-order valence-corrected chi connectivity index (χ4v) is 3.55. The number of hydrogen-bond acceptors (Lipinski definition) is 5. The number of hydrogen-bond donors (Lipinski definition) is 0. The summed E-state index contributed by atoms with van der Waals surface area (Å²) in [6.07, 6.45) is 1.42. The van der Waals surface area contributed by atoms with Crippen molar-refractivity contribution >= 4 is 11.8 Å². The van der Waals surface area contributed by atoms with E-state index in [0.29, 0.717) is 40.1 Å². The summed E-state index contributed by atoms with van der Waals surface area (Å²) in [5, 5.41) is 0. The number of para-hydroxylation sites is 1. The molecule has 0 radical (unpaired) electrons. The van der Waals surface area contributed by atoms with Crippen molar-refractivity contribution in [2.45, 2.75) is 33.6 Å². The number of aromatic nitrogens is 1. The lowest BCUT2D eigenvalue weighted by molar-refractivity contribution is 0.0600. The van der Waals surface area contributed by atoms with Crippen molar-refractivity contribution in [2.24, 2.45) is 5.41 Å². The van der Waals surface area contributed by atoms with Crippen molar-refractivity contribution in [3.8, 4) is 16.9 Å². The van der Waals surface area contributed by atoms with Gasteiger partial charge in [0.05, 0.1) is 31.2 Å². The van der Waals surface area contributed by atoms with Gasteiger partial charge in [-0.2, -0.15) is 0 Å². The Hall–Kier alpha value is -2.69. The lowest BCUT2D eigenvalue weighted by Crippen LogP contribution is -2.32. The molecule has 1 aromatic carbocycles. The van der Waals surface area contributed by atoms with Crippen LogP contribution in [0.25, 0.3) is 11.1 Å². The number of carbonyl (C=O) groups excluding carboxylic acids is 2. The van der Waals surface area contributed by atoms with Gasteiger partial charge in [-0.1, -0.05) is 32.0 Å². The molecule has 0 N–H and O–H groups in total. The quantitative estimate of drug-likeness (QED) is 0.780. The average molecular weight is 353 g/mol. The summed E-state index contributed by atoms with van der Waals surface area (Å²) in [5.74, 6) is 0.0915. The van der Waals surface area contributed by atoms with E-state index in [1.807, 2.05) is 38.1 Å². The molecule has 0 amide bonds. The van der Waals surface area contributed by atoms with Gasteiger partial charge < -0.3 is 9.47 Å². The van der Waals surface area contributed by atoms with Gasteiger partial charge in [-0.15, -0.1) is 0 Å². The monoisotopic (exact) mass is 353 g/mol. The molecule has 0 unspecified atom stereocenters. The van der Waals surface area contributed by atoms with Crippen molar-refractivity contribution in [2.75, 3.05) is 14.2 Å². The van der Waals surface area contributed by atoms with Gasteiger partial charge in [0.15, 0.2) is 5.78 Å². The van der Waals surface area contributed by atoms with E-state index >= 15 is 0 Å². The summed E-state index contributed by atoms with van der Waals surface area (Å²) in [5.41, 5.74) is 2.88. The third-order valence-electron chi connectivity index (χ3n) is 5.05. The summed E-state index contributed by atoms with van der Waals surface area (Å²) in [6, 6.07) is 7.39. The Balaban J connectivity index is 2.45. The number of rotatable bonds is 3. The normalized spacial score (nSPS) is 15.3. The average Bonchev–Trinajstić information content (AvgIpc) is 2.63. The molecule has 1 aromatic heterocycles. The minimum Gasteiger partial charge on any atom is -0.496 e. The number of pyridine rings is 1. The summed E-state index contributed by atoms with van der Waals surface area (Å²) in [6.45, 7) is 5.64. The third-order valence-corrected chi connectivity index (χ3v) is 5.05. The fraction of sp³-hybridized carbons (Fsp3) is 0.381. The molecule has 136 valence electrons. The molecule has 26 heavy (non-hydrogen) atoms. The van der Waals surface area contributed by atoms with Crippen LogP contribution in [0.15, 0.2) is 24.3 Å². The summed E-state index contributed by atoms with van der Waals surface area (Å²) >= 11 is 0. The van der Waals surface area contributed by atoms with E-state index in [-0.39, 0.29) is 5.78 Å². The molecule has 0 bridgehead atoms. The van der Waals surface area contributed by atoms with Crippen LogP contribution in [0.2, 0.25) is 0 Å². The number of Topliss-reactive ketones (excluding diaryl/α,β-unsaturated/α-hetero) is 1. The van der Waals surface area contributed by atoms with Gasteiger partial charge in [-0.3, -0.25) is 9.78 Å². The largest absolute Gasteiger partial charge is 0.496 e. The molecular weight excluding hydrogens is 330 g/mol. The zero-order valence-electron chi connectivity index (χ0n) is 15.8. The summed E-state index contributed by atoms with van der Waals surface area (Å²) in [7, 11) is 2.90. The van der Waals surface area contributed by atoms with Crippen molar-refractivity contribution in [1.82, 2.24) is 4.98 Å². The van der Waals surface area contributed by atoms with E-state index in [2.05, 4.69) is 4.98 Å². The maximum Gasteiger partial charge on any atom is 0.340 e. The number of aryl methyl sites for hydroxylation is 2. The van der Waals surface area contributed by atoms with Gasteiger partial charge in [0.1, 0.15) is 5.75 Å². The number of fused-ring (bicyclic) bond motifs is 1. The smallest absolute Gasteiger partial charge is 0.340 e. The van der Waals surface area contributed by atoms with Crippen LogP contribution in [0.4, 0.5) is 0 Å². The Labute approximate surface area is 153 Å². The number of ketones is 1. The highest BCUT2D eigenvalue weighted by atomic mass is 16.5. The molecule has 0 spiro atoms. The van der Waals surface area contributed by atoms with E-state index in [9.17, 15) is 9.59 Å². The van der Waals surface area contributed by atoms with E-state index in [4.69, 9.17) is 9.47 Å². The molecule has 0 aliphatic heterocycles. The molecule has 5 heteroatoms. The van der Waals surface area contributed by atoms with E-state index < -0.39 is 11.4 Å². The molecule has 3 rings (SSSR count). The van der Waals surface area contributed by atoms with Crippen LogP contribution in [0.1, 0.15) is 52.4 Å². The van der Waals surface area contributed by atoms with Crippen molar-refractivity contribution in [3.05, 3.63) is 46.8 Å². The highest BCUT2D eigenvalue weighted by Crippen LogP contribution is 2.43. The molecular formula is C21H23NO4. The molecule has 5 nitrogen and oxygen atoms in total. The molecule has 1 aliphatic rings. The van der Waals surface area contributed by atoms with Gasteiger partial charge in [0, 0.05) is 22.1 Å². The van der Waals surface area contributed by atoms with Crippen LogP contribution in [0.3, 0.4) is 0 Å². The maximum absolute atomic E-state index is 13.3. The SMILES string of the molecule is COC(=O)c1c(C)nc2c(c1-c1ccccc1OC)C(=O)C(C)(C)CC2. The highest BCUT2D eigenvalue weighted by molar-refractivity contribution is 6.12. The second-order valence-electron chi connectivity index (χ2n) is 7.17. The number of nitrogens with zero attached hydrogens (tertiary/aromatic N) is 1. The topological polar surface area (TPSA) is 65.5 Å². The first-order valence-electron chi connectivity index (χ1n) is 8.61. The predicted octanol–water partition coefficient (Wildman–Crippen LogP) is 4.01. The van der Waals surface area contributed by atoms with Gasteiger partial charge in [-0.25, -0.2) is 4.79 Å². The Morgan fingerprint density at radius 2 is 1.85 bits per heavy atom. The van der Waals surface area contributed by atoms with E-state index in [0.717, 1.165) is 12.1 Å². The summed E-state index contributed by atoms with van der Waals surface area (Å²) < 4.78 is 10.5. The van der Waals surface area contributed by atoms with Crippen LogP contribution in [0, 0.1) is 12.3 Å². The minimum absolute atomic E-state index is 0.00249. The van der Waals surface area contributed by atoms with E-state index in [1.165, 1.54) is 7.11 Å².